The lowest BCUT2D eigenvalue weighted by Gasteiger charge is -2.28. The molecule has 1 aliphatic rings. The number of sulfonamides is 1. The van der Waals surface area contributed by atoms with Crippen LogP contribution in [-0.2, 0) is 10.0 Å². The van der Waals surface area contributed by atoms with E-state index in [1.165, 1.54) is 4.31 Å². The Bertz CT molecular complexity index is 243. The molecule has 1 aliphatic heterocycles. The quantitative estimate of drug-likeness (QED) is 0.610. The third-order valence-electron chi connectivity index (χ3n) is 2.17. The van der Waals surface area contributed by atoms with Crippen molar-refractivity contribution in [3.63, 3.8) is 0 Å². The van der Waals surface area contributed by atoms with Crippen LogP contribution in [0.5, 0.6) is 0 Å². The van der Waals surface area contributed by atoms with Crippen LogP contribution in [0.1, 0.15) is 12.8 Å². The zero-order chi connectivity index (χ0) is 9.90. The molecular weight excluding hydrogens is 194 g/mol. The Kier molecular flexibility index (Phi) is 3.66. The molecule has 0 bridgehead atoms. The number of piperidine rings is 1. The van der Waals surface area contributed by atoms with Crippen molar-refractivity contribution in [2.24, 2.45) is 0 Å². The summed E-state index contributed by atoms with van der Waals surface area (Å²) < 4.78 is 24.1. The van der Waals surface area contributed by atoms with E-state index >= 15 is 0 Å². The Hall–Kier alpha value is -0.170. The van der Waals surface area contributed by atoms with E-state index in [0.717, 1.165) is 0 Å². The number of hydrogen-bond acceptors (Lipinski definition) is 4. The smallest absolute Gasteiger partial charge is 0.216 e. The highest BCUT2D eigenvalue weighted by molar-refractivity contribution is 7.89. The second-order valence-electron chi connectivity index (χ2n) is 3.17. The largest absolute Gasteiger partial charge is 0.395 e. The van der Waals surface area contributed by atoms with E-state index in [2.05, 4.69) is 0 Å². The molecule has 0 aromatic carbocycles. The van der Waals surface area contributed by atoms with Crippen LogP contribution < -0.4 is 0 Å². The molecule has 0 radical (unpaired) electrons. The Morgan fingerprint density at radius 2 is 1.85 bits per heavy atom. The van der Waals surface area contributed by atoms with Crippen molar-refractivity contribution in [1.82, 2.24) is 4.31 Å². The molecule has 1 saturated heterocycles. The minimum atomic E-state index is -3.28. The van der Waals surface area contributed by atoms with E-state index in [1.54, 1.807) is 0 Å². The molecule has 0 saturated carbocycles. The molecule has 13 heavy (non-hydrogen) atoms. The molecular formula is C7H15NO4S. The molecule has 0 atom stereocenters. The first-order valence-electron chi connectivity index (χ1n) is 4.33. The maximum Gasteiger partial charge on any atom is 0.216 e. The van der Waals surface area contributed by atoms with Gasteiger partial charge in [-0.15, -0.1) is 0 Å². The first-order chi connectivity index (χ1) is 6.06. The molecule has 0 aromatic heterocycles. The molecule has 1 heterocycles. The molecule has 0 amide bonds. The Labute approximate surface area is 78.0 Å². The van der Waals surface area contributed by atoms with E-state index in [9.17, 15) is 8.42 Å². The van der Waals surface area contributed by atoms with E-state index in [4.69, 9.17) is 10.2 Å². The SMILES string of the molecule is O=S(=O)(CCO)N1CCC(O)CC1. The van der Waals surface area contributed by atoms with Crippen LogP contribution in [-0.4, -0.2) is 54.5 Å². The van der Waals surface area contributed by atoms with Crippen LogP contribution in [0, 0.1) is 0 Å². The predicted octanol–water partition coefficient (Wildman–Crippen LogP) is -1.23. The van der Waals surface area contributed by atoms with Gasteiger partial charge in [0.15, 0.2) is 0 Å². The van der Waals surface area contributed by atoms with Gasteiger partial charge in [-0.2, -0.15) is 0 Å². The van der Waals surface area contributed by atoms with Gasteiger partial charge in [0.05, 0.1) is 18.5 Å². The van der Waals surface area contributed by atoms with E-state index in [-0.39, 0.29) is 18.5 Å². The lowest BCUT2D eigenvalue weighted by atomic mass is 10.1. The predicted molar refractivity (Wildman–Crippen MR) is 47.7 cm³/mol. The number of aliphatic hydroxyl groups excluding tert-OH is 2. The van der Waals surface area contributed by atoms with Gasteiger partial charge in [0.1, 0.15) is 0 Å². The van der Waals surface area contributed by atoms with Crippen molar-refractivity contribution in [1.29, 1.82) is 0 Å². The maximum atomic E-state index is 11.4. The highest BCUT2D eigenvalue weighted by atomic mass is 32.2. The zero-order valence-corrected chi connectivity index (χ0v) is 8.20. The van der Waals surface area contributed by atoms with Crippen LogP contribution >= 0.6 is 0 Å². The minimum Gasteiger partial charge on any atom is -0.395 e. The molecule has 2 N–H and O–H groups in total. The lowest BCUT2D eigenvalue weighted by Crippen LogP contribution is -2.41. The van der Waals surface area contributed by atoms with Gasteiger partial charge in [0.25, 0.3) is 0 Å². The first-order valence-corrected chi connectivity index (χ1v) is 5.94. The van der Waals surface area contributed by atoms with Gasteiger partial charge in [-0.1, -0.05) is 0 Å². The number of aliphatic hydroxyl groups is 2. The molecule has 0 aliphatic carbocycles. The average Bonchev–Trinajstić information content (AvgIpc) is 2.05. The van der Waals surface area contributed by atoms with Crippen molar-refractivity contribution >= 4 is 10.0 Å². The molecule has 6 heteroatoms. The summed E-state index contributed by atoms with van der Waals surface area (Å²) in [4.78, 5) is 0. The fourth-order valence-electron chi connectivity index (χ4n) is 1.36. The molecule has 0 unspecified atom stereocenters. The normalized spacial score (nSPS) is 22.0. The number of hydrogen-bond donors (Lipinski definition) is 2. The highest BCUT2D eigenvalue weighted by Gasteiger charge is 2.26. The maximum absolute atomic E-state index is 11.4. The van der Waals surface area contributed by atoms with Crippen molar-refractivity contribution < 1.29 is 18.6 Å². The second kappa shape index (κ2) is 4.36. The van der Waals surface area contributed by atoms with E-state index in [0.29, 0.717) is 25.9 Å². The van der Waals surface area contributed by atoms with Crippen LogP contribution in [0.3, 0.4) is 0 Å². The third kappa shape index (κ3) is 2.91. The number of nitrogens with zero attached hydrogens (tertiary/aromatic N) is 1. The summed E-state index contributed by atoms with van der Waals surface area (Å²) in [6, 6.07) is 0. The van der Waals surface area contributed by atoms with Crippen LogP contribution in [0.2, 0.25) is 0 Å². The zero-order valence-electron chi connectivity index (χ0n) is 7.39. The minimum absolute atomic E-state index is 0.219. The van der Waals surface area contributed by atoms with Crippen molar-refractivity contribution in [2.45, 2.75) is 18.9 Å². The van der Waals surface area contributed by atoms with Gasteiger partial charge in [0, 0.05) is 13.1 Å². The van der Waals surface area contributed by atoms with Gasteiger partial charge in [-0.05, 0) is 12.8 Å². The summed E-state index contributed by atoms with van der Waals surface area (Å²) in [6.45, 7) is 0.383. The van der Waals surface area contributed by atoms with E-state index < -0.39 is 10.0 Å². The molecule has 0 aromatic rings. The fourth-order valence-corrected chi connectivity index (χ4v) is 2.62. The summed E-state index contributed by atoms with van der Waals surface area (Å²) in [5, 5.41) is 17.7. The molecule has 5 nitrogen and oxygen atoms in total. The van der Waals surface area contributed by atoms with Gasteiger partial charge in [-0.3, -0.25) is 0 Å². The van der Waals surface area contributed by atoms with Gasteiger partial charge < -0.3 is 10.2 Å². The topological polar surface area (TPSA) is 77.8 Å². The Balaban J connectivity index is 2.53. The van der Waals surface area contributed by atoms with Crippen molar-refractivity contribution in [3.8, 4) is 0 Å². The monoisotopic (exact) mass is 209 g/mol. The standard InChI is InChI=1S/C7H15NO4S/c9-5-6-13(11,12)8-3-1-7(10)2-4-8/h7,9-10H,1-6H2. The Morgan fingerprint density at radius 3 is 2.31 bits per heavy atom. The third-order valence-corrected chi connectivity index (χ3v) is 4.02. The van der Waals surface area contributed by atoms with Gasteiger partial charge >= 0.3 is 0 Å². The number of rotatable bonds is 3. The van der Waals surface area contributed by atoms with Crippen molar-refractivity contribution in [3.05, 3.63) is 0 Å². The summed E-state index contributed by atoms with van der Waals surface area (Å²) in [6.07, 6.45) is 0.607. The van der Waals surface area contributed by atoms with Gasteiger partial charge in [-0.25, -0.2) is 12.7 Å². The molecule has 0 spiro atoms. The lowest BCUT2D eigenvalue weighted by molar-refractivity contribution is 0.113. The van der Waals surface area contributed by atoms with E-state index in [1.807, 2.05) is 0 Å². The summed E-state index contributed by atoms with van der Waals surface area (Å²) in [5.74, 6) is -0.219. The Morgan fingerprint density at radius 1 is 1.31 bits per heavy atom. The second-order valence-corrected chi connectivity index (χ2v) is 5.26. The van der Waals surface area contributed by atoms with Crippen LogP contribution in [0.25, 0.3) is 0 Å². The summed E-state index contributed by atoms with van der Waals surface area (Å²) in [7, 11) is -3.28. The molecule has 1 rings (SSSR count). The fraction of sp³-hybridized carbons (Fsp3) is 1.00. The van der Waals surface area contributed by atoms with Gasteiger partial charge in [0.2, 0.25) is 10.0 Å². The highest BCUT2D eigenvalue weighted by Crippen LogP contribution is 2.13. The summed E-state index contributed by atoms with van der Waals surface area (Å²) >= 11 is 0. The average molecular weight is 209 g/mol. The van der Waals surface area contributed by atoms with Crippen molar-refractivity contribution in [2.75, 3.05) is 25.4 Å². The van der Waals surface area contributed by atoms with Crippen LogP contribution in [0.15, 0.2) is 0 Å². The molecule has 1 fully saturated rings. The van der Waals surface area contributed by atoms with Crippen LogP contribution in [0.4, 0.5) is 0 Å². The first kappa shape index (κ1) is 10.9. The summed E-state index contributed by atoms with van der Waals surface area (Å²) in [5.41, 5.74) is 0. The molecule has 78 valence electrons.